The Morgan fingerprint density at radius 1 is 0.875 bits per heavy atom. The topological polar surface area (TPSA) is 118 Å². The molecule has 6 heteroatoms. The summed E-state index contributed by atoms with van der Waals surface area (Å²) in [4.78, 5) is 11.8. The van der Waals surface area contributed by atoms with Gasteiger partial charge in [0.05, 0.1) is 6.61 Å². The number of Topliss-reactive ketones (excluding diaryl/α,β-unsaturated/α-hetero) is 1. The summed E-state index contributed by atoms with van der Waals surface area (Å²) in [6.07, 6.45) is 1.58. The number of aliphatic hydroxyl groups is 5. The maximum Gasteiger partial charge on any atom is 0.164 e. The number of ketones is 1. The molecule has 0 aromatic carbocycles. The molecular formula is C18H36O6. The number of rotatable bonds is 16. The smallest absolute Gasteiger partial charge is 0.164 e. The average molecular weight is 349 g/mol. The number of aliphatic hydroxyl groups excluding tert-OH is 5. The summed E-state index contributed by atoms with van der Waals surface area (Å²) in [6.45, 7) is 1.39. The number of hydrogen-bond acceptors (Lipinski definition) is 6. The van der Waals surface area contributed by atoms with E-state index < -0.39 is 43.2 Å². The van der Waals surface area contributed by atoms with Gasteiger partial charge in [-0.25, -0.2) is 0 Å². The van der Waals surface area contributed by atoms with E-state index in [-0.39, 0.29) is 12.8 Å². The molecule has 5 N–H and O–H groups in total. The molecule has 1 unspecified atom stereocenters. The molecule has 144 valence electrons. The predicted octanol–water partition coefficient (Wildman–Crippen LogP) is 1.30. The van der Waals surface area contributed by atoms with Gasteiger partial charge in [-0.1, -0.05) is 64.7 Å². The van der Waals surface area contributed by atoms with Crippen molar-refractivity contribution in [1.29, 1.82) is 0 Å². The van der Waals surface area contributed by atoms with Crippen LogP contribution < -0.4 is 0 Å². The molecule has 0 fully saturated rings. The zero-order valence-corrected chi connectivity index (χ0v) is 14.8. The summed E-state index contributed by atoms with van der Waals surface area (Å²) in [6, 6.07) is 0. The highest BCUT2D eigenvalue weighted by atomic mass is 16.4. The van der Waals surface area contributed by atoms with E-state index in [9.17, 15) is 25.2 Å². The fourth-order valence-electron chi connectivity index (χ4n) is 2.50. The van der Waals surface area contributed by atoms with E-state index in [0.717, 1.165) is 12.8 Å². The van der Waals surface area contributed by atoms with Crippen molar-refractivity contribution >= 4 is 5.78 Å². The molecule has 0 radical (unpaired) electrons. The van der Waals surface area contributed by atoms with E-state index >= 15 is 0 Å². The van der Waals surface area contributed by atoms with Crippen LogP contribution in [0, 0.1) is 0 Å². The van der Waals surface area contributed by atoms with Gasteiger partial charge < -0.3 is 25.5 Å². The van der Waals surface area contributed by atoms with E-state index in [4.69, 9.17) is 6.48 Å². The Labute approximate surface area is 146 Å². The minimum absolute atomic E-state index is 0.0646. The van der Waals surface area contributed by atoms with Gasteiger partial charge in [0, 0.05) is 7.79 Å². The fraction of sp³-hybridized carbons (Fsp3) is 0.944. The Morgan fingerprint density at radius 3 is 1.96 bits per heavy atom. The molecule has 6 nitrogen and oxygen atoms in total. The highest BCUT2D eigenvalue weighted by Crippen LogP contribution is 2.13. The SMILES string of the molecule is [2H]C(CCCCCCCCC)CCC(=O)[C@H](O)[C@@H](O)[C@H](O)[C@H](O)CO. The van der Waals surface area contributed by atoms with Crippen LogP contribution in [0.25, 0.3) is 0 Å². The quantitative estimate of drug-likeness (QED) is 0.268. The second-order valence-electron chi connectivity index (χ2n) is 6.38. The molecule has 0 aliphatic carbocycles. The molecule has 24 heavy (non-hydrogen) atoms. The molecule has 0 aliphatic rings. The fourth-order valence-corrected chi connectivity index (χ4v) is 2.50. The van der Waals surface area contributed by atoms with Gasteiger partial charge in [-0.2, -0.15) is 0 Å². The van der Waals surface area contributed by atoms with Gasteiger partial charge in [-0.15, -0.1) is 0 Å². The van der Waals surface area contributed by atoms with Crippen molar-refractivity contribution < 1.29 is 31.7 Å². The Bertz CT molecular complexity index is 342. The van der Waals surface area contributed by atoms with E-state index in [0.29, 0.717) is 6.42 Å². The summed E-state index contributed by atoms with van der Waals surface area (Å²) in [5.74, 6) is -0.673. The maximum atomic E-state index is 11.8. The number of carbonyl (C=O) groups excluding carboxylic acids is 1. The summed E-state index contributed by atoms with van der Waals surface area (Å²) in [7, 11) is 0. The van der Waals surface area contributed by atoms with Crippen molar-refractivity contribution in [3.8, 4) is 0 Å². The van der Waals surface area contributed by atoms with Gasteiger partial charge in [0.25, 0.3) is 0 Å². The first kappa shape index (κ1) is 21.5. The van der Waals surface area contributed by atoms with Crippen LogP contribution in [-0.2, 0) is 4.79 Å². The summed E-state index contributed by atoms with van der Waals surface area (Å²) < 4.78 is 7.92. The van der Waals surface area contributed by atoms with Crippen LogP contribution in [0.3, 0.4) is 0 Å². The van der Waals surface area contributed by atoms with Crippen LogP contribution in [0.4, 0.5) is 0 Å². The van der Waals surface area contributed by atoms with Gasteiger partial charge in [-0.05, 0) is 6.42 Å². The second kappa shape index (κ2) is 14.8. The Kier molecular flexibility index (Phi) is 13.3. The molecule has 0 saturated carbocycles. The van der Waals surface area contributed by atoms with Crippen molar-refractivity contribution in [3.05, 3.63) is 0 Å². The summed E-state index contributed by atoms with van der Waals surface area (Å²) in [5.41, 5.74) is 0. The van der Waals surface area contributed by atoms with Gasteiger partial charge in [-0.3, -0.25) is 4.79 Å². The average Bonchev–Trinajstić information content (AvgIpc) is 2.62. The van der Waals surface area contributed by atoms with E-state index in [2.05, 4.69) is 6.92 Å². The molecule has 0 aromatic heterocycles. The minimum Gasteiger partial charge on any atom is -0.394 e. The lowest BCUT2D eigenvalue weighted by molar-refractivity contribution is -0.147. The maximum absolute atomic E-state index is 11.8. The molecule has 0 rings (SSSR count). The van der Waals surface area contributed by atoms with Crippen molar-refractivity contribution in [2.45, 2.75) is 102 Å². The molecule has 0 spiro atoms. The molecule has 0 amide bonds. The van der Waals surface area contributed by atoms with Crippen LogP contribution in [0.1, 0.15) is 78.9 Å². The van der Waals surface area contributed by atoms with Gasteiger partial charge >= 0.3 is 0 Å². The lowest BCUT2D eigenvalue weighted by atomic mass is 9.97. The Morgan fingerprint density at radius 2 is 1.42 bits per heavy atom. The standard InChI is InChI=1S/C18H36O6/c1-2-3-4-5-6-7-8-9-10-11-12-14(20)16(22)18(24)17(23)15(21)13-19/h15-19,21-24H,2-13H2,1H3/t15-,16+,17-,18-/m1/s1/i10D/t10?,15-,16+,17-,18-. The molecule has 0 aromatic rings. The largest absolute Gasteiger partial charge is 0.394 e. The normalized spacial score (nSPS) is 18.5. The number of hydrogen-bond donors (Lipinski definition) is 5. The first-order chi connectivity index (χ1) is 11.8. The number of unbranched alkanes of at least 4 members (excludes halogenated alkanes) is 6. The van der Waals surface area contributed by atoms with Gasteiger partial charge in [0.2, 0.25) is 0 Å². The monoisotopic (exact) mass is 349 g/mol. The third-order valence-corrected chi connectivity index (χ3v) is 4.19. The van der Waals surface area contributed by atoms with Crippen molar-refractivity contribution in [3.63, 3.8) is 0 Å². The molecule has 0 bridgehead atoms. The van der Waals surface area contributed by atoms with Crippen LogP contribution >= 0.6 is 0 Å². The zero-order chi connectivity index (χ0) is 19.2. The second-order valence-corrected chi connectivity index (χ2v) is 6.38. The lowest BCUT2D eigenvalue weighted by Crippen LogP contribution is -2.48. The third-order valence-electron chi connectivity index (χ3n) is 4.19. The first-order valence-electron chi connectivity index (χ1n) is 9.70. The van der Waals surface area contributed by atoms with Crippen LogP contribution in [0.2, 0.25) is 0 Å². The van der Waals surface area contributed by atoms with E-state index in [1.807, 2.05) is 0 Å². The molecule has 0 saturated heterocycles. The Hall–Kier alpha value is -0.530. The molecular weight excluding hydrogens is 312 g/mol. The van der Waals surface area contributed by atoms with E-state index in [1.165, 1.54) is 32.1 Å². The molecule has 5 atom stereocenters. The van der Waals surface area contributed by atoms with E-state index in [1.54, 1.807) is 0 Å². The molecule has 0 aliphatic heterocycles. The number of carbonyl (C=O) groups is 1. The van der Waals surface area contributed by atoms with Crippen molar-refractivity contribution in [2.24, 2.45) is 0 Å². The summed E-state index contributed by atoms with van der Waals surface area (Å²) in [5, 5.41) is 46.8. The van der Waals surface area contributed by atoms with Crippen LogP contribution in [0.5, 0.6) is 0 Å². The van der Waals surface area contributed by atoms with Crippen LogP contribution in [0.15, 0.2) is 0 Å². The van der Waals surface area contributed by atoms with Crippen molar-refractivity contribution in [2.75, 3.05) is 6.61 Å². The van der Waals surface area contributed by atoms with Gasteiger partial charge in [0.15, 0.2) is 5.78 Å². The highest BCUT2D eigenvalue weighted by molar-refractivity contribution is 5.83. The molecule has 0 heterocycles. The first-order valence-corrected chi connectivity index (χ1v) is 9.13. The third kappa shape index (κ3) is 10.4. The summed E-state index contributed by atoms with van der Waals surface area (Å²) >= 11 is 0. The minimum atomic E-state index is -1.86. The Balaban J connectivity index is 3.91. The zero-order valence-electron chi connectivity index (χ0n) is 15.8. The highest BCUT2D eigenvalue weighted by Gasteiger charge is 2.33. The lowest BCUT2D eigenvalue weighted by Gasteiger charge is -2.24. The van der Waals surface area contributed by atoms with Gasteiger partial charge in [0.1, 0.15) is 24.4 Å². The van der Waals surface area contributed by atoms with Crippen LogP contribution in [-0.4, -0.2) is 62.3 Å². The predicted molar refractivity (Wildman–Crippen MR) is 92.6 cm³/mol. The van der Waals surface area contributed by atoms with Crippen molar-refractivity contribution in [1.82, 2.24) is 0 Å².